The van der Waals surface area contributed by atoms with Gasteiger partial charge >= 0.3 is 0 Å². The number of nitrogens with one attached hydrogen (secondary N) is 1. The van der Waals surface area contributed by atoms with E-state index in [9.17, 15) is 0 Å². The number of rotatable bonds is 4. The summed E-state index contributed by atoms with van der Waals surface area (Å²) in [5.74, 6) is 1.72. The zero-order valence-electron chi connectivity index (χ0n) is 11.6. The third kappa shape index (κ3) is 3.14. The van der Waals surface area contributed by atoms with Crippen LogP contribution in [0.3, 0.4) is 0 Å². The highest BCUT2D eigenvalue weighted by atomic mass is 16.5. The number of hydrogen-bond acceptors (Lipinski definition) is 4. The maximum absolute atomic E-state index is 5.56. The Kier molecular flexibility index (Phi) is 3.92. The van der Waals surface area contributed by atoms with Crippen molar-refractivity contribution >= 4 is 5.82 Å². The van der Waals surface area contributed by atoms with Crippen LogP contribution in [0, 0.1) is 0 Å². The summed E-state index contributed by atoms with van der Waals surface area (Å²) in [4.78, 5) is 8.93. The summed E-state index contributed by atoms with van der Waals surface area (Å²) in [7, 11) is 0. The van der Waals surface area contributed by atoms with E-state index < -0.39 is 0 Å². The van der Waals surface area contributed by atoms with Gasteiger partial charge in [0.05, 0.1) is 12.1 Å². The van der Waals surface area contributed by atoms with Crippen LogP contribution >= 0.6 is 0 Å². The van der Waals surface area contributed by atoms with Crippen LogP contribution in [0.4, 0.5) is 5.82 Å². The molecule has 1 aromatic heterocycles. The first kappa shape index (κ1) is 13.1. The largest absolute Gasteiger partial charge is 0.376 e. The van der Waals surface area contributed by atoms with Gasteiger partial charge in [0.2, 0.25) is 0 Å². The van der Waals surface area contributed by atoms with E-state index in [1.165, 1.54) is 5.56 Å². The van der Waals surface area contributed by atoms with Crippen LogP contribution in [-0.4, -0.2) is 28.7 Å². The molecule has 1 aliphatic rings. The summed E-state index contributed by atoms with van der Waals surface area (Å²) in [5.41, 5.74) is 1.22. The molecular formula is C16H19N3O. The first-order valence-corrected chi connectivity index (χ1v) is 7.05. The minimum atomic E-state index is 0.238. The highest BCUT2D eigenvalue weighted by molar-refractivity contribution is 5.35. The predicted octanol–water partition coefficient (Wildman–Crippen LogP) is 2.66. The smallest absolute Gasteiger partial charge is 0.135 e. The molecule has 0 saturated carbocycles. The van der Waals surface area contributed by atoms with E-state index in [0.717, 1.165) is 31.1 Å². The van der Waals surface area contributed by atoms with Crippen molar-refractivity contribution in [2.75, 3.05) is 11.9 Å². The second-order valence-electron chi connectivity index (χ2n) is 5.14. The van der Waals surface area contributed by atoms with Gasteiger partial charge in [-0.3, -0.25) is 0 Å². The molecule has 4 heteroatoms. The first-order chi connectivity index (χ1) is 9.81. The second kappa shape index (κ2) is 6.01. The molecule has 20 heavy (non-hydrogen) atoms. The van der Waals surface area contributed by atoms with Crippen LogP contribution in [0.5, 0.6) is 0 Å². The van der Waals surface area contributed by atoms with Gasteiger partial charge in [0, 0.05) is 19.2 Å². The Hall–Kier alpha value is -1.94. The van der Waals surface area contributed by atoms with Crippen molar-refractivity contribution in [3.8, 4) is 0 Å². The number of benzene rings is 1. The molecule has 0 radical (unpaired) electrons. The lowest BCUT2D eigenvalue weighted by molar-refractivity contribution is 0.121. The molecule has 2 aromatic rings. The lowest BCUT2D eigenvalue weighted by Gasteiger charge is -2.16. The Balaban J connectivity index is 1.69. The number of hydrogen-bond donors (Lipinski definition) is 1. The predicted molar refractivity (Wildman–Crippen MR) is 78.7 cm³/mol. The van der Waals surface area contributed by atoms with Crippen LogP contribution < -0.4 is 5.32 Å². The van der Waals surface area contributed by atoms with Gasteiger partial charge in [0.25, 0.3) is 0 Å². The Morgan fingerprint density at radius 2 is 2.10 bits per heavy atom. The molecule has 2 heterocycles. The number of aromatic nitrogens is 2. The standard InChI is InChI=1S/C16H19N3O/c1-12-14(8-10-20-12)18-15-7-9-17-16(19-15)11-13-5-3-2-4-6-13/h2-7,9,12,14H,8,10-11H2,1H3,(H,17,18,19)/t12-,14+/m0/s1. The zero-order chi connectivity index (χ0) is 13.8. The van der Waals surface area contributed by atoms with Gasteiger partial charge in [-0.05, 0) is 25.0 Å². The van der Waals surface area contributed by atoms with Crippen molar-refractivity contribution < 1.29 is 4.74 Å². The summed E-state index contributed by atoms with van der Waals surface area (Å²) >= 11 is 0. The minimum absolute atomic E-state index is 0.238. The molecule has 0 aliphatic carbocycles. The maximum Gasteiger partial charge on any atom is 0.135 e. The third-order valence-electron chi connectivity index (χ3n) is 3.62. The Bertz CT molecular complexity index is 559. The van der Waals surface area contributed by atoms with Gasteiger partial charge in [-0.15, -0.1) is 0 Å². The fourth-order valence-electron chi connectivity index (χ4n) is 2.45. The molecule has 0 spiro atoms. The van der Waals surface area contributed by atoms with Crippen molar-refractivity contribution in [3.63, 3.8) is 0 Å². The van der Waals surface area contributed by atoms with E-state index in [2.05, 4.69) is 34.3 Å². The summed E-state index contributed by atoms with van der Waals surface area (Å²) in [6.07, 6.45) is 3.84. The summed E-state index contributed by atoms with van der Waals surface area (Å²) < 4.78 is 5.56. The molecule has 104 valence electrons. The van der Waals surface area contributed by atoms with Crippen molar-refractivity contribution in [1.82, 2.24) is 9.97 Å². The van der Waals surface area contributed by atoms with Crippen LogP contribution in [-0.2, 0) is 11.2 Å². The highest BCUT2D eigenvalue weighted by Crippen LogP contribution is 2.17. The molecule has 1 aliphatic heterocycles. The second-order valence-corrected chi connectivity index (χ2v) is 5.14. The minimum Gasteiger partial charge on any atom is -0.376 e. The maximum atomic E-state index is 5.56. The van der Waals surface area contributed by atoms with Crippen LogP contribution in [0.2, 0.25) is 0 Å². The summed E-state index contributed by atoms with van der Waals surface area (Å²) in [6, 6.07) is 12.5. The molecule has 1 N–H and O–H groups in total. The third-order valence-corrected chi connectivity index (χ3v) is 3.62. The van der Waals surface area contributed by atoms with Crippen molar-refractivity contribution in [1.29, 1.82) is 0 Å². The van der Waals surface area contributed by atoms with Gasteiger partial charge < -0.3 is 10.1 Å². The molecule has 1 saturated heterocycles. The number of anilines is 1. The van der Waals surface area contributed by atoms with Gasteiger partial charge in [-0.25, -0.2) is 9.97 Å². The van der Waals surface area contributed by atoms with E-state index in [1.54, 1.807) is 0 Å². The van der Waals surface area contributed by atoms with Crippen molar-refractivity contribution in [2.45, 2.75) is 31.9 Å². The lowest BCUT2D eigenvalue weighted by atomic mass is 10.1. The molecule has 0 amide bonds. The average molecular weight is 269 g/mol. The Labute approximate surface area is 119 Å². The van der Waals surface area contributed by atoms with Crippen LogP contribution in [0.25, 0.3) is 0 Å². The quantitative estimate of drug-likeness (QED) is 0.927. The van der Waals surface area contributed by atoms with E-state index in [4.69, 9.17) is 4.74 Å². The van der Waals surface area contributed by atoms with E-state index in [-0.39, 0.29) is 6.10 Å². The SMILES string of the molecule is C[C@@H]1OCC[C@H]1Nc1ccnc(Cc2ccccc2)n1. The first-order valence-electron chi connectivity index (χ1n) is 7.05. The zero-order valence-corrected chi connectivity index (χ0v) is 11.6. The fraction of sp³-hybridized carbons (Fsp3) is 0.375. The van der Waals surface area contributed by atoms with Gasteiger partial charge in [0.15, 0.2) is 0 Å². The molecule has 1 aromatic carbocycles. The van der Waals surface area contributed by atoms with E-state index in [0.29, 0.717) is 6.04 Å². The van der Waals surface area contributed by atoms with Crippen LogP contribution in [0.1, 0.15) is 24.7 Å². The molecule has 0 bridgehead atoms. The molecule has 1 fully saturated rings. The Morgan fingerprint density at radius 3 is 2.85 bits per heavy atom. The van der Waals surface area contributed by atoms with E-state index >= 15 is 0 Å². The summed E-state index contributed by atoms with van der Waals surface area (Å²) in [6.45, 7) is 2.91. The van der Waals surface area contributed by atoms with Gasteiger partial charge in [-0.1, -0.05) is 30.3 Å². The Morgan fingerprint density at radius 1 is 1.25 bits per heavy atom. The fourth-order valence-corrected chi connectivity index (χ4v) is 2.45. The van der Waals surface area contributed by atoms with Gasteiger partial charge in [-0.2, -0.15) is 0 Å². The van der Waals surface area contributed by atoms with Crippen LogP contribution in [0.15, 0.2) is 42.6 Å². The average Bonchev–Trinajstić information content (AvgIpc) is 2.86. The van der Waals surface area contributed by atoms with Crippen molar-refractivity contribution in [2.24, 2.45) is 0 Å². The van der Waals surface area contributed by atoms with E-state index in [1.807, 2.05) is 30.5 Å². The molecular weight excluding hydrogens is 250 g/mol. The molecule has 3 rings (SSSR count). The summed E-state index contributed by atoms with van der Waals surface area (Å²) in [5, 5.41) is 3.44. The number of ether oxygens (including phenoxy) is 1. The topological polar surface area (TPSA) is 47.0 Å². The van der Waals surface area contributed by atoms with Crippen molar-refractivity contribution in [3.05, 3.63) is 54.0 Å². The van der Waals surface area contributed by atoms with Gasteiger partial charge in [0.1, 0.15) is 11.6 Å². The normalized spacial score (nSPS) is 21.9. The molecule has 2 atom stereocenters. The molecule has 0 unspecified atom stereocenters. The lowest BCUT2D eigenvalue weighted by Crippen LogP contribution is -2.27. The molecule has 4 nitrogen and oxygen atoms in total. The highest BCUT2D eigenvalue weighted by Gasteiger charge is 2.24. The monoisotopic (exact) mass is 269 g/mol. The number of nitrogens with zero attached hydrogens (tertiary/aromatic N) is 2.